The van der Waals surface area contributed by atoms with E-state index in [1.807, 2.05) is 12.1 Å². The number of piperidine rings is 1. The third-order valence-electron chi connectivity index (χ3n) is 3.90. The lowest BCUT2D eigenvalue weighted by molar-refractivity contribution is 0.174. The van der Waals surface area contributed by atoms with Crippen molar-refractivity contribution in [3.05, 3.63) is 23.3 Å². The highest BCUT2D eigenvalue weighted by molar-refractivity contribution is 5.49. The Morgan fingerprint density at radius 2 is 2.06 bits per heavy atom. The summed E-state index contributed by atoms with van der Waals surface area (Å²) in [5.74, 6) is 1.65. The quantitative estimate of drug-likeness (QED) is 0.839. The number of rotatable bonds is 2. The molecule has 3 rings (SSSR count). The normalized spacial score (nSPS) is 24.0. The minimum absolute atomic E-state index is 0.0276. The van der Waals surface area contributed by atoms with Crippen molar-refractivity contribution in [3.8, 4) is 11.5 Å². The first-order valence-corrected chi connectivity index (χ1v) is 6.65. The first-order chi connectivity index (χ1) is 8.75. The fourth-order valence-electron chi connectivity index (χ4n) is 2.82. The van der Waals surface area contributed by atoms with Gasteiger partial charge < -0.3 is 20.5 Å². The van der Waals surface area contributed by atoms with Crippen molar-refractivity contribution in [3.63, 3.8) is 0 Å². The molecule has 1 aromatic carbocycles. The zero-order valence-corrected chi connectivity index (χ0v) is 10.7. The highest BCUT2D eigenvalue weighted by Gasteiger charge is 2.25. The number of nitrogens with two attached hydrogens (primary N) is 1. The Morgan fingerprint density at radius 1 is 1.28 bits per heavy atom. The lowest BCUT2D eigenvalue weighted by atomic mass is 9.90. The van der Waals surface area contributed by atoms with E-state index >= 15 is 0 Å². The van der Waals surface area contributed by atoms with E-state index in [1.165, 1.54) is 24.0 Å². The van der Waals surface area contributed by atoms with E-state index in [2.05, 4.69) is 12.2 Å². The second-order valence-corrected chi connectivity index (χ2v) is 5.14. The minimum Gasteiger partial charge on any atom is -0.454 e. The maximum atomic E-state index is 6.41. The molecule has 18 heavy (non-hydrogen) atoms. The van der Waals surface area contributed by atoms with Gasteiger partial charge in [-0.1, -0.05) is 6.42 Å². The van der Waals surface area contributed by atoms with Gasteiger partial charge in [0.05, 0.1) is 0 Å². The summed E-state index contributed by atoms with van der Waals surface area (Å²) in [5, 5.41) is 3.52. The van der Waals surface area contributed by atoms with Gasteiger partial charge in [0.25, 0.3) is 0 Å². The monoisotopic (exact) mass is 248 g/mol. The standard InChI is InChI=1S/C14H20N2O2/c1-9-6-12-13(18-8-17-12)7-10(9)14(15)11-4-2-3-5-16-11/h6-7,11,14,16H,2-5,8,15H2,1H3. The van der Waals surface area contributed by atoms with Crippen molar-refractivity contribution in [2.24, 2.45) is 5.73 Å². The van der Waals surface area contributed by atoms with E-state index in [-0.39, 0.29) is 6.04 Å². The molecule has 0 aromatic heterocycles. The Bertz CT molecular complexity index is 442. The highest BCUT2D eigenvalue weighted by atomic mass is 16.7. The van der Waals surface area contributed by atoms with Crippen LogP contribution in [0.1, 0.15) is 36.4 Å². The van der Waals surface area contributed by atoms with E-state index < -0.39 is 0 Å². The molecule has 1 aromatic rings. The van der Waals surface area contributed by atoms with Crippen molar-refractivity contribution in [2.75, 3.05) is 13.3 Å². The van der Waals surface area contributed by atoms with Gasteiger partial charge in [-0.25, -0.2) is 0 Å². The SMILES string of the molecule is Cc1cc2c(cc1C(N)C1CCCCN1)OCO2. The van der Waals surface area contributed by atoms with Crippen LogP contribution in [0.15, 0.2) is 12.1 Å². The molecule has 0 amide bonds. The zero-order chi connectivity index (χ0) is 12.5. The summed E-state index contributed by atoms with van der Waals surface area (Å²) in [6, 6.07) is 4.47. The third-order valence-corrected chi connectivity index (χ3v) is 3.90. The van der Waals surface area contributed by atoms with Gasteiger partial charge in [0.15, 0.2) is 11.5 Å². The molecule has 3 N–H and O–H groups in total. The van der Waals surface area contributed by atoms with Crippen LogP contribution in [0.25, 0.3) is 0 Å². The van der Waals surface area contributed by atoms with Gasteiger partial charge in [-0.3, -0.25) is 0 Å². The zero-order valence-electron chi connectivity index (χ0n) is 10.7. The number of hydrogen-bond acceptors (Lipinski definition) is 4. The molecule has 2 unspecified atom stereocenters. The van der Waals surface area contributed by atoms with E-state index in [0.29, 0.717) is 12.8 Å². The smallest absolute Gasteiger partial charge is 0.231 e. The summed E-state index contributed by atoms with van der Waals surface area (Å²) < 4.78 is 10.8. The van der Waals surface area contributed by atoms with Crippen molar-refractivity contribution in [1.29, 1.82) is 0 Å². The molecule has 2 atom stereocenters. The Hall–Kier alpha value is -1.26. The molecule has 98 valence electrons. The second-order valence-electron chi connectivity index (χ2n) is 5.14. The first kappa shape index (κ1) is 11.8. The molecule has 0 bridgehead atoms. The van der Waals surface area contributed by atoms with Crippen LogP contribution in [-0.2, 0) is 0 Å². The molecular weight excluding hydrogens is 228 g/mol. The van der Waals surface area contributed by atoms with Crippen molar-refractivity contribution >= 4 is 0 Å². The Kier molecular flexibility index (Phi) is 3.14. The molecule has 0 radical (unpaired) electrons. The fraction of sp³-hybridized carbons (Fsp3) is 0.571. The van der Waals surface area contributed by atoms with E-state index in [4.69, 9.17) is 15.2 Å². The number of fused-ring (bicyclic) bond motifs is 1. The number of aryl methyl sites for hydroxylation is 1. The van der Waals surface area contributed by atoms with E-state index in [1.54, 1.807) is 0 Å². The van der Waals surface area contributed by atoms with Gasteiger partial charge in [-0.05, 0) is 49.6 Å². The molecule has 2 aliphatic heterocycles. The molecule has 1 saturated heterocycles. The lowest BCUT2D eigenvalue weighted by Gasteiger charge is -2.30. The summed E-state index contributed by atoms with van der Waals surface area (Å²) in [4.78, 5) is 0. The summed E-state index contributed by atoms with van der Waals surface area (Å²) >= 11 is 0. The average molecular weight is 248 g/mol. The van der Waals surface area contributed by atoms with Crippen LogP contribution in [0, 0.1) is 6.92 Å². The maximum Gasteiger partial charge on any atom is 0.231 e. The van der Waals surface area contributed by atoms with Gasteiger partial charge in [0.1, 0.15) is 0 Å². The molecule has 4 heteroatoms. The Morgan fingerprint density at radius 3 is 2.78 bits per heavy atom. The van der Waals surface area contributed by atoms with Gasteiger partial charge in [0.2, 0.25) is 6.79 Å². The van der Waals surface area contributed by atoms with Crippen molar-refractivity contribution in [1.82, 2.24) is 5.32 Å². The molecular formula is C14H20N2O2. The third kappa shape index (κ3) is 2.06. The van der Waals surface area contributed by atoms with Crippen molar-refractivity contribution < 1.29 is 9.47 Å². The molecule has 0 saturated carbocycles. The summed E-state index contributed by atoms with van der Waals surface area (Å²) in [5.41, 5.74) is 8.75. The predicted molar refractivity (Wildman–Crippen MR) is 69.9 cm³/mol. The molecule has 0 aliphatic carbocycles. The summed E-state index contributed by atoms with van der Waals surface area (Å²) in [6.45, 7) is 3.47. The van der Waals surface area contributed by atoms with Crippen LogP contribution in [0.5, 0.6) is 11.5 Å². The largest absolute Gasteiger partial charge is 0.454 e. The minimum atomic E-state index is 0.0276. The lowest BCUT2D eigenvalue weighted by Crippen LogP contribution is -2.42. The average Bonchev–Trinajstić information content (AvgIpc) is 2.85. The van der Waals surface area contributed by atoms with Crippen LogP contribution in [0.3, 0.4) is 0 Å². The van der Waals surface area contributed by atoms with Crippen molar-refractivity contribution in [2.45, 2.75) is 38.3 Å². The molecule has 0 spiro atoms. The molecule has 1 fully saturated rings. The van der Waals surface area contributed by atoms with E-state index in [9.17, 15) is 0 Å². The number of benzene rings is 1. The van der Waals surface area contributed by atoms with Crippen LogP contribution in [-0.4, -0.2) is 19.4 Å². The fourth-order valence-corrected chi connectivity index (χ4v) is 2.82. The van der Waals surface area contributed by atoms with Gasteiger partial charge in [0, 0.05) is 12.1 Å². The summed E-state index contributed by atoms with van der Waals surface area (Å²) in [6.07, 6.45) is 3.66. The topological polar surface area (TPSA) is 56.5 Å². The van der Waals surface area contributed by atoms with Gasteiger partial charge in [-0.15, -0.1) is 0 Å². The highest BCUT2D eigenvalue weighted by Crippen LogP contribution is 2.37. The van der Waals surface area contributed by atoms with E-state index in [0.717, 1.165) is 24.5 Å². The number of nitrogens with one attached hydrogen (secondary N) is 1. The van der Waals surface area contributed by atoms with Crippen LogP contribution >= 0.6 is 0 Å². The van der Waals surface area contributed by atoms with Gasteiger partial charge >= 0.3 is 0 Å². The Balaban J connectivity index is 1.86. The number of ether oxygens (including phenoxy) is 2. The molecule has 2 aliphatic rings. The summed E-state index contributed by atoms with van der Waals surface area (Å²) in [7, 11) is 0. The Labute approximate surface area is 107 Å². The van der Waals surface area contributed by atoms with Crippen LogP contribution < -0.4 is 20.5 Å². The van der Waals surface area contributed by atoms with Gasteiger partial charge in [-0.2, -0.15) is 0 Å². The first-order valence-electron chi connectivity index (χ1n) is 6.65. The number of hydrogen-bond donors (Lipinski definition) is 2. The maximum absolute atomic E-state index is 6.41. The van der Waals surface area contributed by atoms with Crippen LogP contribution in [0.2, 0.25) is 0 Å². The molecule has 2 heterocycles. The molecule has 4 nitrogen and oxygen atoms in total. The van der Waals surface area contributed by atoms with Crippen LogP contribution in [0.4, 0.5) is 0 Å². The predicted octanol–water partition coefficient (Wildman–Crippen LogP) is 1.87. The second kappa shape index (κ2) is 4.78.